The first-order chi connectivity index (χ1) is 9.35. The molecule has 0 saturated carbocycles. The van der Waals surface area contributed by atoms with Crippen molar-refractivity contribution in [2.24, 2.45) is 0 Å². The average Bonchev–Trinajstić information content (AvgIpc) is 2.37. The molecule has 0 aliphatic carbocycles. The smallest absolute Gasteiger partial charge is 0.254 e. The third-order valence-electron chi connectivity index (χ3n) is 3.21. The minimum atomic E-state index is -0.126. The Labute approximate surface area is 121 Å². The van der Waals surface area contributed by atoms with E-state index >= 15 is 0 Å². The number of amides is 2. The molecule has 1 rings (SSSR count). The summed E-state index contributed by atoms with van der Waals surface area (Å²) in [6.07, 6.45) is 0. The number of carbonyl (C=O) groups excluding carboxylic acids is 2. The van der Waals surface area contributed by atoms with Gasteiger partial charge in [-0.05, 0) is 57.9 Å². The summed E-state index contributed by atoms with van der Waals surface area (Å²) in [6, 6.07) is 5.71. The molecular formula is C16H24N2O2. The number of nitrogens with zero attached hydrogens (tertiary/aromatic N) is 1. The number of rotatable bonds is 5. The van der Waals surface area contributed by atoms with Crippen LogP contribution in [-0.2, 0) is 4.79 Å². The first-order valence-corrected chi connectivity index (χ1v) is 7.01. The maximum absolute atomic E-state index is 12.4. The first-order valence-electron chi connectivity index (χ1n) is 7.01. The largest absolute Gasteiger partial charge is 0.352 e. The van der Waals surface area contributed by atoms with Crippen LogP contribution in [0.2, 0.25) is 0 Å². The molecule has 2 amide bonds. The highest BCUT2D eigenvalue weighted by atomic mass is 16.2. The van der Waals surface area contributed by atoms with Crippen LogP contribution >= 0.6 is 0 Å². The van der Waals surface area contributed by atoms with Crippen LogP contribution < -0.4 is 5.32 Å². The lowest BCUT2D eigenvalue weighted by molar-refractivity contribution is -0.122. The van der Waals surface area contributed by atoms with Crippen molar-refractivity contribution in [3.05, 3.63) is 34.9 Å². The number of benzene rings is 1. The Morgan fingerprint density at radius 1 is 1.20 bits per heavy atom. The molecule has 4 heteroatoms. The molecule has 0 heterocycles. The number of carbonyl (C=O) groups is 2. The van der Waals surface area contributed by atoms with Crippen LogP contribution in [0, 0.1) is 13.8 Å². The predicted molar refractivity (Wildman–Crippen MR) is 80.8 cm³/mol. The van der Waals surface area contributed by atoms with E-state index in [2.05, 4.69) is 5.32 Å². The molecule has 20 heavy (non-hydrogen) atoms. The van der Waals surface area contributed by atoms with Gasteiger partial charge in [0.2, 0.25) is 5.91 Å². The van der Waals surface area contributed by atoms with Crippen LogP contribution in [0.4, 0.5) is 0 Å². The minimum Gasteiger partial charge on any atom is -0.352 e. The van der Waals surface area contributed by atoms with Crippen molar-refractivity contribution in [2.75, 3.05) is 13.1 Å². The van der Waals surface area contributed by atoms with E-state index < -0.39 is 0 Å². The zero-order chi connectivity index (χ0) is 15.3. The van der Waals surface area contributed by atoms with Gasteiger partial charge in [0, 0.05) is 18.2 Å². The van der Waals surface area contributed by atoms with E-state index in [0.717, 1.165) is 11.1 Å². The Bertz CT molecular complexity index is 495. The van der Waals surface area contributed by atoms with Gasteiger partial charge >= 0.3 is 0 Å². The molecule has 0 saturated heterocycles. The predicted octanol–water partition coefficient (Wildman–Crippen LogP) is 2.29. The third-order valence-corrected chi connectivity index (χ3v) is 3.21. The Kier molecular flexibility index (Phi) is 5.74. The second-order valence-corrected chi connectivity index (χ2v) is 5.34. The summed E-state index contributed by atoms with van der Waals surface area (Å²) in [5.74, 6) is -0.228. The third kappa shape index (κ3) is 4.37. The van der Waals surface area contributed by atoms with E-state index in [0.29, 0.717) is 12.1 Å². The monoisotopic (exact) mass is 276 g/mol. The van der Waals surface area contributed by atoms with Crippen LogP contribution in [0.1, 0.15) is 42.3 Å². The molecule has 0 radical (unpaired) electrons. The first kappa shape index (κ1) is 16.2. The van der Waals surface area contributed by atoms with E-state index in [4.69, 9.17) is 0 Å². The Hall–Kier alpha value is -1.84. The summed E-state index contributed by atoms with van der Waals surface area (Å²) in [7, 11) is 0. The zero-order valence-corrected chi connectivity index (χ0v) is 13.0. The molecule has 0 unspecified atom stereocenters. The molecule has 1 aromatic carbocycles. The van der Waals surface area contributed by atoms with Gasteiger partial charge < -0.3 is 10.2 Å². The molecule has 0 atom stereocenters. The maximum Gasteiger partial charge on any atom is 0.254 e. The molecule has 4 nitrogen and oxygen atoms in total. The summed E-state index contributed by atoms with van der Waals surface area (Å²) < 4.78 is 0. The van der Waals surface area contributed by atoms with Gasteiger partial charge in [0.1, 0.15) is 0 Å². The van der Waals surface area contributed by atoms with Gasteiger partial charge in [0.15, 0.2) is 0 Å². The normalized spacial score (nSPS) is 10.5. The van der Waals surface area contributed by atoms with Gasteiger partial charge in [-0.3, -0.25) is 9.59 Å². The Balaban J connectivity index is 2.81. The average molecular weight is 276 g/mol. The quantitative estimate of drug-likeness (QED) is 0.897. The summed E-state index contributed by atoms with van der Waals surface area (Å²) in [6.45, 7) is 10.3. The minimum absolute atomic E-state index is 0.0814. The molecule has 0 aromatic heterocycles. The van der Waals surface area contributed by atoms with Gasteiger partial charge in [0.25, 0.3) is 5.91 Å². The SMILES string of the molecule is CCN(CC(=O)NC(C)C)C(=O)c1ccc(C)c(C)c1. The van der Waals surface area contributed by atoms with Gasteiger partial charge in [-0.1, -0.05) is 6.07 Å². The van der Waals surface area contributed by atoms with Gasteiger partial charge in [-0.15, -0.1) is 0 Å². The topological polar surface area (TPSA) is 49.4 Å². The van der Waals surface area contributed by atoms with Crippen molar-refractivity contribution in [1.82, 2.24) is 10.2 Å². The number of hydrogen-bond donors (Lipinski definition) is 1. The van der Waals surface area contributed by atoms with Gasteiger partial charge in [0.05, 0.1) is 6.54 Å². The van der Waals surface area contributed by atoms with E-state index in [1.165, 1.54) is 0 Å². The van der Waals surface area contributed by atoms with Crippen LogP contribution in [0.5, 0.6) is 0 Å². The molecule has 110 valence electrons. The van der Waals surface area contributed by atoms with Gasteiger partial charge in [-0.2, -0.15) is 0 Å². The second-order valence-electron chi connectivity index (χ2n) is 5.34. The highest BCUT2D eigenvalue weighted by Crippen LogP contribution is 2.12. The zero-order valence-electron chi connectivity index (χ0n) is 13.0. The molecule has 1 aromatic rings. The van der Waals surface area contributed by atoms with E-state index in [9.17, 15) is 9.59 Å². The number of aryl methyl sites for hydroxylation is 2. The second kappa shape index (κ2) is 7.08. The highest BCUT2D eigenvalue weighted by Gasteiger charge is 2.17. The van der Waals surface area contributed by atoms with Gasteiger partial charge in [-0.25, -0.2) is 0 Å². The molecule has 0 spiro atoms. The molecule has 0 aliphatic heterocycles. The van der Waals surface area contributed by atoms with Crippen molar-refractivity contribution in [3.8, 4) is 0 Å². The van der Waals surface area contributed by atoms with Crippen molar-refractivity contribution >= 4 is 11.8 Å². The van der Waals surface area contributed by atoms with Crippen LogP contribution in [0.25, 0.3) is 0 Å². The fraction of sp³-hybridized carbons (Fsp3) is 0.500. The highest BCUT2D eigenvalue weighted by molar-refractivity contribution is 5.96. The summed E-state index contributed by atoms with van der Waals surface area (Å²) >= 11 is 0. The Morgan fingerprint density at radius 3 is 2.35 bits per heavy atom. The van der Waals surface area contributed by atoms with Crippen molar-refractivity contribution in [1.29, 1.82) is 0 Å². The number of likely N-dealkylation sites (N-methyl/N-ethyl adjacent to an activating group) is 1. The van der Waals surface area contributed by atoms with Crippen molar-refractivity contribution in [2.45, 2.75) is 40.7 Å². The summed E-state index contributed by atoms with van der Waals surface area (Å²) in [5, 5.41) is 2.80. The van der Waals surface area contributed by atoms with Crippen LogP contribution in [0.15, 0.2) is 18.2 Å². The van der Waals surface area contributed by atoms with Crippen molar-refractivity contribution < 1.29 is 9.59 Å². The summed E-state index contributed by atoms with van der Waals surface area (Å²) in [5.41, 5.74) is 2.87. The standard InChI is InChI=1S/C16H24N2O2/c1-6-18(10-15(19)17-11(2)3)16(20)14-8-7-12(4)13(5)9-14/h7-9,11H,6,10H2,1-5H3,(H,17,19). The molecule has 0 fully saturated rings. The Morgan fingerprint density at radius 2 is 1.85 bits per heavy atom. The van der Waals surface area contributed by atoms with E-state index in [1.807, 2.05) is 52.8 Å². The molecule has 0 bridgehead atoms. The number of hydrogen-bond acceptors (Lipinski definition) is 2. The fourth-order valence-electron chi connectivity index (χ4n) is 1.93. The van der Waals surface area contributed by atoms with E-state index in [-0.39, 0.29) is 24.4 Å². The van der Waals surface area contributed by atoms with Crippen molar-refractivity contribution in [3.63, 3.8) is 0 Å². The maximum atomic E-state index is 12.4. The summed E-state index contributed by atoms with van der Waals surface area (Å²) in [4.78, 5) is 25.7. The lowest BCUT2D eigenvalue weighted by atomic mass is 10.1. The van der Waals surface area contributed by atoms with Crippen LogP contribution in [-0.4, -0.2) is 35.8 Å². The lowest BCUT2D eigenvalue weighted by Gasteiger charge is -2.21. The number of nitrogens with one attached hydrogen (secondary N) is 1. The molecule has 0 aliphatic rings. The molecule has 1 N–H and O–H groups in total. The fourth-order valence-corrected chi connectivity index (χ4v) is 1.93. The van der Waals surface area contributed by atoms with Crippen LogP contribution in [0.3, 0.4) is 0 Å². The molecular weight excluding hydrogens is 252 g/mol. The lowest BCUT2D eigenvalue weighted by Crippen LogP contribution is -2.42. The van der Waals surface area contributed by atoms with E-state index in [1.54, 1.807) is 4.90 Å².